The fraction of sp³-hybridized carbons (Fsp3) is 0.0833. The van der Waals surface area contributed by atoms with Crippen molar-refractivity contribution in [1.82, 2.24) is 0 Å². The van der Waals surface area contributed by atoms with Crippen molar-refractivity contribution >= 4 is 23.2 Å². The van der Waals surface area contributed by atoms with E-state index in [2.05, 4.69) is 0 Å². The highest BCUT2D eigenvalue weighted by molar-refractivity contribution is 7.96. The van der Waals surface area contributed by atoms with E-state index in [1.54, 1.807) is 0 Å². The number of benzene rings is 3. The molecule has 0 saturated carbocycles. The van der Waals surface area contributed by atoms with Crippen molar-refractivity contribution in [3.05, 3.63) is 125 Å². The van der Waals surface area contributed by atoms with Crippen molar-refractivity contribution < 1.29 is 4.92 Å². The molecule has 0 N–H and O–H groups in total. The van der Waals surface area contributed by atoms with Gasteiger partial charge in [-0.1, -0.05) is 72.8 Å². The highest BCUT2D eigenvalue weighted by Gasteiger charge is 2.70. The first-order valence-corrected chi connectivity index (χ1v) is 11.1. The molecule has 4 heteroatoms. The monoisotopic (exact) mass is 386 g/mol. The molecule has 3 nitrogen and oxygen atoms in total. The van der Waals surface area contributed by atoms with Crippen molar-refractivity contribution in [1.29, 1.82) is 0 Å². The van der Waals surface area contributed by atoms with Gasteiger partial charge in [0.2, 0.25) is 0 Å². The number of allylic oxidation sites excluding steroid dienone is 2. The molecular formula is C24H21NO2P+. The van der Waals surface area contributed by atoms with Crippen LogP contribution in [0, 0.1) is 10.1 Å². The summed E-state index contributed by atoms with van der Waals surface area (Å²) < 4.78 is 0. The van der Waals surface area contributed by atoms with Gasteiger partial charge in [0, 0.05) is 6.08 Å². The van der Waals surface area contributed by atoms with Crippen LogP contribution >= 0.6 is 7.26 Å². The van der Waals surface area contributed by atoms with Crippen molar-refractivity contribution in [3.63, 3.8) is 0 Å². The Kier molecular flexibility index (Phi) is 4.93. The zero-order valence-corrected chi connectivity index (χ0v) is 16.3. The first kappa shape index (κ1) is 18.3. The molecule has 0 heterocycles. The summed E-state index contributed by atoms with van der Waals surface area (Å²) >= 11 is 0. The summed E-state index contributed by atoms with van der Waals surface area (Å²) in [6, 6.07) is 30.0. The Bertz CT molecular complexity index is 920. The van der Waals surface area contributed by atoms with Gasteiger partial charge in [-0.25, -0.2) is 0 Å². The van der Waals surface area contributed by atoms with Crippen LogP contribution < -0.4 is 15.9 Å². The summed E-state index contributed by atoms with van der Waals surface area (Å²) in [5.41, 5.74) is 0. The Labute approximate surface area is 165 Å². The lowest BCUT2D eigenvalue weighted by Gasteiger charge is -2.36. The van der Waals surface area contributed by atoms with E-state index in [9.17, 15) is 10.1 Å². The van der Waals surface area contributed by atoms with Crippen LogP contribution in [-0.4, -0.2) is 10.2 Å². The van der Waals surface area contributed by atoms with Gasteiger partial charge in [-0.3, -0.25) is 10.1 Å². The van der Waals surface area contributed by atoms with Gasteiger partial charge in [-0.2, -0.15) is 0 Å². The summed E-state index contributed by atoms with van der Waals surface area (Å²) in [4.78, 5) is 12.7. The van der Waals surface area contributed by atoms with Crippen LogP contribution in [0.1, 0.15) is 6.42 Å². The largest absolute Gasteiger partial charge is 0.351 e. The van der Waals surface area contributed by atoms with E-state index in [-0.39, 0.29) is 4.92 Å². The molecule has 4 rings (SSSR count). The van der Waals surface area contributed by atoms with Crippen LogP contribution in [0.25, 0.3) is 0 Å². The molecule has 3 aromatic rings. The standard InChI is InChI=1S/C24H21NO2P/c26-25(27)24(19-11-4-12-20-24)28(21-13-5-1-6-14-21,22-15-7-2-8-16-22)23-17-9-3-10-18-23/h1-19H,20H2/q+1. The molecule has 0 aromatic heterocycles. The second-order valence-electron chi connectivity index (χ2n) is 6.80. The summed E-state index contributed by atoms with van der Waals surface area (Å²) in [5, 5.41) is 14.6. The van der Waals surface area contributed by atoms with Gasteiger partial charge < -0.3 is 0 Å². The average molecular weight is 386 g/mol. The Morgan fingerprint density at radius 3 is 1.46 bits per heavy atom. The van der Waals surface area contributed by atoms with Crippen LogP contribution in [-0.2, 0) is 0 Å². The van der Waals surface area contributed by atoms with Crippen LogP contribution in [0.5, 0.6) is 0 Å². The average Bonchev–Trinajstić information content (AvgIpc) is 2.77. The second kappa shape index (κ2) is 7.53. The third-order valence-electron chi connectivity index (χ3n) is 5.36. The summed E-state index contributed by atoms with van der Waals surface area (Å²) in [6.07, 6.45) is 7.83. The third-order valence-corrected chi connectivity index (χ3v) is 10.2. The van der Waals surface area contributed by atoms with Crippen molar-refractivity contribution in [2.45, 2.75) is 11.7 Å². The molecule has 0 radical (unpaired) electrons. The normalized spacial score (nSPS) is 18.7. The molecule has 1 unspecified atom stereocenters. The SMILES string of the molecule is O=[N+]([O-])C1([P+](c2ccccc2)(c2ccccc2)c2ccccc2)C=CC=CC1. The van der Waals surface area contributed by atoms with Gasteiger partial charge in [-0.15, -0.1) is 0 Å². The lowest BCUT2D eigenvalue weighted by molar-refractivity contribution is -0.526. The highest BCUT2D eigenvalue weighted by atomic mass is 31.2. The number of rotatable bonds is 5. The van der Waals surface area contributed by atoms with E-state index in [1.807, 2.05) is 115 Å². The zero-order chi connectivity index (χ0) is 19.5. The molecule has 28 heavy (non-hydrogen) atoms. The fourth-order valence-corrected chi connectivity index (χ4v) is 9.20. The molecule has 0 bridgehead atoms. The number of nitro groups is 1. The Hall–Kier alpha value is -3.03. The van der Waals surface area contributed by atoms with Gasteiger partial charge >= 0.3 is 5.28 Å². The predicted molar refractivity (Wildman–Crippen MR) is 118 cm³/mol. The fourth-order valence-electron chi connectivity index (χ4n) is 4.18. The Morgan fingerprint density at radius 1 is 0.714 bits per heavy atom. The summed E-state index contributed by atoms with van der Waals surface area (Å²) in [6.45, 7) is 0. The molecule has 0 amide bonds. The molecule has 3 aromatic carbocycles. The highest BCUT2D eigenvalue weighted by Crippen LogP contribution is 2.68. The van der Waals surface area contributed by atoms with Crippen LogP contribution in [0.2, 0.25) is 0 Å². The first-order valence-electron chi connectivity index (χ1n) is 9.27. The molecule has 1 atom stereocenters. The maximum Gasteiger partial charge on any atom is 0.351 e. The lowest BCUT2D eigenvalue weighted by atomic mass is 10.1. The molecule has 0 saturated heterocycles. The van der Waals surface area contributed by atoms with Gasteiger partial charge in [0.1, 0.15) is 15.9 Å². The molecule has 138 valence electrons. The first-order chi connectivity index (χ1) is 13.7. The van der Waals surface area contributed by atoms with E-state index >= 15 is 0 Å². The molecule has 1 aliphatic carbocycles. The summed E-state index contributed by atoms with van der Waals surface area (Å²) in [5.74, 6) is 0. The van der Waals surface area contributed by atoms with Gasteiger partial charge in [0.05, 0.1) is 11.3 Å². The molecule has 0 spiro atoms. The number of hydrogen-bond acceptors (Lipinski definition) is 2. The number of hydrogen-bond donors (Lipinski definition) is 0. The van der Waals surface area contributed by atoms with Crippen LogP contribution in [0.3, 0.4) is 0 Å². The van der Waals surface area contributed by atoms with E-state index < -0.39 is 12.5 Å². The third kappa shape index (κ3) is 2.71. The van der Waals surface area contributed by atoms with Crippen molar-refractivity contribution in [3.8, 4) is 0 Å². The van der Waals surface area contributed by atoms with E-state index in [1.165, 1.54) is 0 Å². The topological polar surface area (TPSA) is 43.1 Å². The Balaban J connectivity index is 2.18. The second-order valence-corrected chi connectivity index (χ2v) is 10.5. The molecule has 0 fully saturated rings. The van der Waals surface area contributed by atoms with E-state index in [0.717, 1.165) is 15.9 Å². The minimum absolute atomic E-state index is 0.0617. The van der Waals surface area contributed by atoms with Crippen LogP contribution in [0.4, 0.5) is 0 Å². The number of nitrogens with zero attached hydrogens (tertiary/aromatic N) is 1. The van der Waals surface area contributed by atoms with Crippen LogP contribution in [0.15, 0.2) is 115 Å². The predicted octanol–water partition coefficient (Wildman–Crippen LogP) is 4.47. The maximum atomic E-state index is 12.8. The van der Waals surface area contributed by atoms with Gasteiger partial charge in [0.15, 0.2) is 7.26 Å². The molecule has 0 aliphatic heterocycles. The van der Waals surface area contributed by atoms with Gasteiger partial charge in [-0.05, 0) is 36.4 Å². The quantitative estimate of drug-likeness (QED) is 0.369. The lowest BCUT2D eigenvalue weighted by Crippen LogP contribution is -2.51. The molecule has 1 aliphatic rings. The van der Waals surface area contributed by atoms with Crippen molar-refractivity contribution in [2.75, 3.05) is 0 Å². The summed E-state index contributed by atoms with van der Waals surface area (Å²) in [7, 11) is -2.65. The maximum absolute atomic E-state index is 12.8. The minimum atomic E-state index is -2.65. The smallest absolute Gasteiger partial charge is 0.260 e. The zero-order valence-electron chi connectivity index (χ0n) is 15.4. The van der Waals surface area contributed by atoms with Crippen molar-refractivity contribution in [2.24, 2.45) is 0 Å². The molecular weight excluding hydrogens is 365 g/mol. The van der Waals surface area contributed by atoms with E-state index in [4.69, 9.17) is 0 Å². The minimum Gasteiger partial charge on any atom is -0.260 e. The van der Waals surface area contributed by atoms with Gasteiger partial charge in [0.25, 0.3) is 0 Å². The Morgan fingerprint density at radius 2 is 1.14 bits per heavy atom. The van der Waals surface area contributed by atoms with E-state index in [0.29, 0.717) is 6.42 Å².